The molecule has 3 nitrogen and oxygen atoms in total. The number of methoxy groups -OCH3 is 2. The molecule has 0 aliphatic carbocycles. The van der Waals surface area contributed by atoms with E-state index in [-0.39, 0.29) is 0 Å². The van der Waals surface area contributed by atoms with E-state index in [0.717, 1.165) is 0 Å². The zero-order chi connectivity index (χ0) is 24.1. The summed E-state index contributed by atoms with van der Waals surface area (Å²) in [6.45, 7) is -6.73. The number of rotatable bonds is 4. The molecule has 3 heteroatoms. The van der Waals surface area contributed by atoms with Crippen LogP contribution in [-0.4, -0.2) is 25.3 Å². The van der Waals surface area contributed by atoms with Gasteiger partial charge in [-0.2, -0.15) is 0 Å². The second-order valence-electron chi connectivity index (χ2n) is 2.52. The molecule has 0 aliphatic heterocycles. The van der Waals surface area contributed by atoms with Crippen molar-refractivity contribution in [2.45, 2.75) is 26.2 Å². The van der Waals surface area contributed by atoms with E-state index in [4.69, 9.17) is 20.6 Å². The van der Waals surface area contributed by atoms with Crippen LogP contribution in [-0.2, 0) is 6.37 Å². The molecule has 0 radical (unpaired) electrons. The third-order valence-corrected chi connectivity index (χ3v) is 1.55. The normalized spacial score (nSPS) is 33.5. The van der Waals surface area contributed by atoms with Gasteiger partial charge in [0.1, 0.15) is 11.5 Å². The number of aryl methyl sites for hydroxylation is 1. The third kappa shape index (κ3) is 2.86. The standard InChI is InChI=1S/C12H18O3/c1-8-5-12(15-4)10(6-9(2)13)7-11(8)14-3/h5,7,9,13H,6H2,1-4H3/i1D3,2D3,3D3,4D3,6D2,9D. The Labute approximate surface area is 112 Å². The van der Waals surface area contributed by atoms with Gasteiger partial charge in [0.25, 0.3) is 0 Å². The van der Waals surface area contributed by atoms with Crippen LogP contribution in [0.4, 0.5) is 0 Å². The van der Waals surface area contributed by atoms with Gasteiger partial charge < -0.3 is 14.6 Å². The Kier molecular flexibility index (Phi) is 0.911. The monoisotopic (exact) mass is 225 g/mol. The minimum atomic E-state index is -3.87. The first kappa shape index (κ1) is 2.72. The summed E-state index contributed by atoms with van der Waals surface area (Å²) >= 11 is 0. The summed E-state index contributed by atoms with van der Waals surface area (Å²) in [7, 11) is -6.50. The van der Waals surface area contributed by atoms with Crippen LogP contribution in [0.2, 0.25) is 0 Å². The summed E-state index contributed by atoms with van der Waals surface area (Å²) in [5, 5.41) is 10.1. The van der Waals surface area contributed by atoms with Gasteiger partial charge in [-0.05, 0) is 31.4 Å². The fourth-order valence-corrected chi connectivity index (χ4v) is 0.954. The maximum absolute atomic E-state index is 10.1. The summed E-state index contributed by atoms with van der Waals surface area (Å²) < 4.78 is 120. The van der Waals surface area contributed by atoms with Gasteiger partial charge >= 0.3 is 0 Å². The van der Waals surface area contributed by atoms with E-state index < -0.39 is 62.9 Å². The highest BCUT2D eigenvalue weighted by Crippen LogP contribution is 2.28. The van der Waals surface area contributed by atoms with Gasteiger partial charge in [-0.15, -0.1) is 0 Å². The Hall–Kier alpha value is -1.22. The van der Waals surface area contributed by atoms with E-state index >= 15 is 0 Å². The van der Waals surface area contributed by atoms with Crippen LogP contribution in [0.3, 0.4) is 0 Å². The van der Waals surface area contributed by atoms with E-state index in [2.05, 4.69) is 9.47 Å². The molecule has 1 rings (SSSR count). The molecule has 0 heterocycles. The van der Waals surface area contributed by atoms with Crippen LogP contribution in [0.1, 0.15) is 38.5 Å². The van der Waals surface area contributed by atoms with Gasteiger partial charge in [0.05, 0.1) is 29.8 Å². The molecule has 0 amide bonds. The molecule has 0 bridgehead atoms. The lowest BCUT2D eigenvalue weighted by Gasteiger charge is -2.13. The van der Waals surface area contributed by atoms with E-state index in [1.807, 2.05) is 0 Å². The maximum Gasteiger partial charge on any atom is 0.122 e. The second kappa shape index (κ2) is 5.03. The molecular weight excluding hydrogens is 192 g/mol. The molecule has 1 aromatic carbocycles. The Morgan fingerprint density at radius 2 is 2.27 bits per heavy atom. The van der Waals surface area contributed by atoms with Crippen LogP contribution in [0.25, 0.3) is 0 Å². The fourth-order valence-electron chi connectivity index (χ4n) is 0.954. The number of aliphatic hydroxyl groups is 1. The number of ether oxygens (including phenoxy) is 2. The summed E-state index contributed by atoms with van der Waals surface area (Å²) in [5.41, 5.74) is -1.99. The van der Waals surface area contributed by atoms with Gasteiger partial charge in [-0.1, -0.05) is 0 Å². The van der Waals surface area contributed by atoms with Gasteiger partial charge in [0.2, 0.25) is 0 Å². The van der Waals surface area contributed by atoms with Gasteiger partial charge in [0, 0.05) is 22.9 Å². The highest BCUT2D eigenvalue weighted by atomic mass is 16.5. The van der Waals surface area contributed by atoms with Crippen molar-refractivity contribution < 1.29 is 35.1 Å². The topological polar surface area (TPSA) is 38.7 Å². The molecule has 0 fully saturated rings. The zero-order valence-electron chi connectivity index (χ0n) is 22.4. The predicted octanol–water partition coefficient (Wildman–Crippen LogP) is 1.94. The van der Waals surface area contributed by atoms with Crippen molar-refractivity contribution in [1.82, 2.24) is 0 Å². The molecule has 0 saturated heterocycles. The van der Waals surface area contributed by atoms with Crippen molar-refractivity contribution in [3.63, 3.8) is 0 Å². The van der Waals surface area contributed by atoms with Gasteiger partial charge in [-0.3, -0.25) is 0 Å². The minimum absolute atomic E-state index is 0.389. The van der Waals surface area contributed by atoms with Crippen LogP contribution in [0.5, 0.6) is 11.5 Å². The summed E-state index contributed by atoms with van der Waals surface area (Å²) in [6.07, 6.45) is -7.47. The third-order valence-electron chi connectivity index (χ3n) is 1.55. The highest BCUT2D eigenvalue weighted by Gasteiger charge is 2.10. The smallest absolute Gasteiger partial charge is 0.122 e. The fraction of sp³-hybridized carbons (Fsp3) is 0.500. The molecular formula is C12H18O3. The van der Waals surface area contributed by atoms with E-state index in [9.17, 15) is 5.11 Å². The van der Waals surface area contributed by atoms with Gasteiger partial charge in [-0.25, -0.2) is 0 Å². The Bertz CT molecular complexity index is 769. The van der Waals surface area contributed by atoms with Crippen LogP contribution >= 0.6 is 0 Å². The van der Waals surface area contributed by atoms with E-state index in [0.29, 0.717) is 12.1 Å². The average Bonchev–Trinajstić information content (AvgIpc) is 2.42. The SMILES string of the molecule is [2H]C([2H])([2H])Oc1cc(C([2H])([2H])C([2H])(O)C([2H])([2H])[2H])c(OC([2H])([2H])[2H])cc1C([2H])([2H])[2H]. The molecule has 1 aromatic rings. The van der Waals surface area contributed by atoms with Crippen molar-refractivity contribution in [2.75, 3.05) is 14.1 Å². The molecule has 84 valence electrons. The molecule has 1 atom stereocenters. The molecule has 0 spiro atoms. The van der Waals surface area contributed by atoms with Crippen molar-refractivity contribution in [3.8, 4) is 11.5 Å². The minimum Gasteiger partial charge on any atom is -0.496 e. The van der Waals surface area contributed by atoms with Gasteiger partial charge in [0.15, 0.2) is 0 Å². The summed E-state index contributed by atoms with van der Waals surface area (Å²) in [6, 6.07) is 0.837. The van der Waals surface area contributed by atoms with Crippen LogP contribution in [0.15, 0.2) is 12.1 Å². The molecule has 15 heavy (non-hydrogen) atoms. The zero-order valence-corrected chi connectivity index (χ0v) is 7.42. The molecule has 1 unspecified atom stereocenters. The lowest BCUT2D eigenvalue weighted by Crippen LogP contribution is -2.06. The first-order chi connectivity index (χ1) is 12.9. The van der Waals surface area contributed by atoms with E-state index in [1.54, 1.807) is 0 Å². The van der Waals surface area contributed by atoms with Crippen molar-refractivity contribution in [3.05, 3.63) is 23.3 Å². The maximum atomic E-state index is 10.1. The second-order valence-corrected chi connectivity index (χ2v) is 2.52. The first-order valence-corrected chi connectivity index (χ1v) is 3.69. The first-order valence-electron chi connectivity index (χ1n) is 11.2. The largest absolute Gasteiger partial charge is 0.496 e. The summed E-state index contributed by atoms with van der Waals surface area (Å²) in [5.74, 6) is -2.01. The molecule has 0 saturated carbocycles. The van der Waals surface area contributed by atoms with Crippen molar-refractivity contribution >= 4 is 0 Å². The average molecular weight is 225 g/mol. The molecule has 1 N–H and O–H groups in total. The number of hydrogen-bond acceptors (Lipinski definition) is 3. The molecule has 0 aliphatic rings. The highest BCUT2D eigenvalue weighted by molar-refractivity contribution is 5.46. The lowest BCUT2D eigenvalue weighted by atomic mass is 10.0. The van der Waals surface area contributed by atoms with E-state index in [1.165, 1.54) is 0 Å². The number of hydrogen-bond donors (Lipinski definition) is 1. The lowest BCUT2D eigenvalue weighted by molar-refractivity contribution is 0.194. The number of benzene rings is 1. The predicted molar refractivity (Wildman–Crippen MR) is 59.7 cm³/mol. The quantitative estimate of drug-likeness (QED) is 0.851. The summed E-state index contributed by atoms with van der Waals surface area (Å²) in [4.78, 5) is 0. The Morgan fingerprint density at radius 1 is 1.47 bits per heavy atom. The van der Waals surface area contributed by atoms with Crippen molar-refractivity contribution in [1.29, 1.82) is 0 Å². The van der Waals surface area contributed by atoms with Crippen LogP contribution in [0, 0.1) is 6.85 Å². The van der Waals surface area contributed by atoms with Crippen LogP contribution < -0.4 is 9.47 Å². The Morgan fingerprint density at radius 3 is 2.93 bits per heavy atom. The van der Waals surface area contributed by atoms with Crippen molar-refractivity contribution in [2.24, 2.45) is 0 Å². The Balaban J connectivity index is 3.97. The molecule has 0 aromatic heterocycles.